The van der Waals surface area contributed by atoms with Gasteiger partial charge < -0.3 is 4.57 Å². The largest absolute Gasteiger partial charge is 0.337 e. The lowest BCUT2D eigenvalue weighted by atomic mass is 10.3. The van der Waals surface area contributed by atoms with Crippen molar-refractivity contribution < 1.29 is 4.79 Å². The Bertz CT molecular complexity index is 1020. The van der Waals surface area contributed by atoms with E-state index in [-0.39, 0.29) is 18.3 Å². The maximum atomic E-state index is 13.0. The van der Waals surface area contributed by atoms with Gasteiger partial charge in [-0.15, -0.1) is 23.7 Å². The van der Waals surface area contributed by atoms with Gasteiger partial charge in [0.2, 0.25) is 0 Å². The zero-order valence-electron chi connectivity index (χ0n) is 14.1. The molecule has 0 saturated carbocycles. The van der Waals surface area contributed by atoms with E-state index in [9.17, 15) is 4.79 Å². The fourth-order valence-electron chi connectivity index (χ4n) is 2.67. The number of para-hydroxylation sites is 1. The van der Waals surface area contributed by atoms with Crippen molar-refractivity contribution in [2.75, 3.05) is 11.4 Å². The highest BCUT2D eigenvalue weighted by atomic mass is 35.5. The number of amides is 1. The van der Waals surface area contributed by atoms with E-state index in [1.807, 2.05) is 46.5 Å². The second-order valence-electron chi connectivity index (χ2n) is 5.67. The molecule has 3 heterocycles. The van der Waals surface area contributed by atoms with Crippen molar-refractivity contribution in [3.63, 3.8) is 0 Å². The quantitative estimate of drug-likeness (QED) is 0.406. The summed E-state index contributed by atoms with van der Waals surface area (Å²) >= 11 is 9.19. The molecule has 0 spiro atoms. The van der Waals surface area contributed by atoms with E-state index < -0.39 is 0 Å². The van der Waals surface area contributed by atoms with Crippen molar-refractivity contribution in [2.24, 2.45) is 0 Å². The van der Waals surface area contributed by atoms with Gasteiger partial charge in [-0.2, -0.15) is 0 Å². The molecule has 0 saturated heterocycles. The maximum Gasteiger partial charge on any atom is 0.270 e. The predicted octanol–water partition coefficient (Wildman–Crippen LogP) is 5.37. The number of carbonyl (C=O) groups is 1. The number of benzene rings is 1. The van der Waals surface area contributed by atoms with Crippen LogP contribution in [0.5, 0.6) is 0 Å². The van der Waals surface area contributed by atoms with Crippen LogP contribution in [0.1, 0.15) is 16.1 Å². The first-order valence-corrected chi connectivity index (χ1v) is 10.2. The van der Waals surface area contributed by atoms with Crippen LogP contribution in [0.25, 0.3) is 10.2 Å². The first kappa shape index (κ1) is 19.8. The number of aryl methyl sites for hydroxylation is 1. The Kier molecular flexibility index (Phi) is 6.49. The Labute approximate surface area is 175 Å². The minimum atomic E-state index is -0.0270. The van der Waals surface area contributed by atoms with Gasteiger partial charge in [-0.05, 0) is 30.0 Å². The smallest absolute Gasteiger partial charge is 0.270 e. The Balaban J connectivity index is 0.00000210. The SMILES string of the molecule is Cl.O=C(c1cccs1)N(CCCn1ccnc1)c1nc2c(Cl)cccc2s1. The minimum Gasteiger partial charge on any atom is -0.337 e. The molecule has 4 aromatic rings. The predicted molar refractivity (Wildman–Crippen MR) is 115 cm³/mol. The summed E-state index contributed by atoms with van der Waals surface area (Å²) in [6.07, 6.45) is 6.26. The van der Waals surface area contributed by atoms with Gasteiger partial charge in [0.05, 0.1) is 20.9 Å². The molecule has 0 bridgehead atoms. The Morgan fingerprint density at radius 3 is 2.85 bits per heavy atom. The molecule has 0 atom stereocenters. The van der Waals surface area contributed by atoms with Crippen molar-refractivity contribution in [3.05, 3.63) is 64.3 Å². The summed E-state index contributed by atoms with van der Waals surface area (Å²) < 4.78 is 2.98. The summed E-state index contributed by atoms with van der Waals surface area (Å²) in [7, 11) is 0. The first-order chi connectivity index (χ1) is 12.7. The van der Waals surface area contributed by atoms with Gasteiger partial charge in [0.15, 0.2) is 5.13 Å². The molecule has 0 N–H and O–H groups in total. The minimum absolute atomic E-state index is 0. The van der Waals surface area contributed by atoms with Crippen LogP contribution in [-0.4, -0.2) is 27.0 Å². The lowest BCUT2D eigenvalue weighted by Crippen LogP contribution is -2.31. The van der Waals surface area contributed by atoms with Crippen molar-refractivity contribution in [1.82, 2.24) is 14.5 Å². The van der Waals surface area contributed by atoms with E-state index in [1.165, 1.54) is 22.7 Å². The van der Waals surface area contributed by atoms with Crippen LogP contribution in [-0.2, 0) is 6.54 Å². The second kappa shape index (κ2) is 8.84. The monoisotopic (exact) mass is 438 g/mol. The number of hydrogen-bond donors (Lipinski definition) is 0. The van der Waals surface area contributed by atoms with Gasteiger partial charge >= 0.3 is 0 Å². The first-order valence-electron chi connectivity index (χ1n) is 8.08. The summed E-state index contributed by atoms with van der Waals surface area (Å²) in [4.78, 5) is 24.2. The molecule has 1 amide bonds. The van der Waals surface area contributed by atoms with E-state index in [2.05, 4.69) is 9.97 Å². The van der Waals surface area contributed by atoms with Gasteiger partial charge in [-0.25, -0.2) is 9.97 Å². The number of imidazole rings is 1. The van der Waals surface area contributed by atoms with Crippen molar-refractivity contribution in [1.29, 1.82) is 0 Å². The molecule has 0 unspecified atom stereocenters. The van der Waals surface area contributed by atoms with E-state index in [0.29, 0.717) is 21.6 Å². The lowest BCUT2D eigenvalue weighted by molar-refractivity contribution is 0.0990. The number of halogens is 2. The van der Waals surface area contributed by atoms with Crippen LogP contribution in [0.15, 0.2) is 54.4 Å². The normalized spacial score (nSPS) is 10.7. The average molecular weight is 439 g/mol. The number of fused-ring (bicyclic) bond motifs is 1. The van der Waals surface area contributed by atoms with Crippen molar-refractivity contribution in [2.45, 2.75) is 13.0 Å². The Morgan fingerprint density at radius 1 is 1.26 bits per heavy atom. The van der Waals surface area contributed by atoms with E-state index in [1.54, 1.807) is 17.4 Å². The van der Waals surface area contributed by atoms with Crippen molar-refractivity contribution >= 4 is 67.9 Å². The van der Waals surface area contributed by atoms with E-state index in [0.717, 1.165) is 23.2 Å². The molecule has 0 aliphatic carbocycles. The number of hydrogen-bond acceptors (Lipinski definition) is 5. The highest BCUT2D eigenvalue weighted by molar-refractivity contribution is 7.22. The second-order valence-corrected chi connectivity index (χ2v) is 8.04. The molecule has 9 heteroatoms. The summed E-state index contributed by atoms with van der Waals surface area (Å²) in [5, 5.41) is 3.19. The standard InChI is InChI=1S/C18H15ClN4OS2.ClH/c19-13-4-1-5-14-16(13)21-18(26-14)23(17(24)15-6-2-11-25-15)9-3-8-22-10-7-20-12-22;/h1-2,4-7,10-12H,3,8-9H2;1H. The summed E-state index contributed by atoms with van der Waals surface area (Å²) in [6.45, 7) is 1.37. The Hall–Kier alpha value is -1.93. The lowest BCUT2D eigenvalue weighted by Gasteiger charge is -2.19. The fraction of sp³-hybridized carbons (Fsp3) is 0.167. The third-order valence-electron chi connectivity index (χ3n) is 3.92. The zero-order chi connectivity index (χ0) is 17.9. The molecule has 1 aromatic carbocycles. The molecule has 0 radical (unpaired) electrons. The number of rotatable bonds is 6. The third-order valence-corrected chi connectivity index (χ3v) is 6.13. The van der Waals surface area contributed by atoms with Crippen LogP contribution in [0.2, 0.25) is 5.02 Å². The number of aromatic nitrogens is 3. The molecule has 27 heavy (non-hydrogen) atoms. The van der Waals surface area contributed by atoms with Crippen LogP contribution < -0.4 is 4.90 Å². The molecular weight excluding hydrogens is 423 g/mol. The molecule has 0 aliphatic heterocycles. The summed E-state index contributed by atoms with van der Waals surface area (Å²) in [5.41, 5.74) is 0.743. The van der Waals surface area contributed by atoms with E-state index >= 15 is 0 Å². The number of carbonyl (C=O) groups excluding carboxylic acids is 1. The molecule has 0 aliphatic rings. The highest BCUT2D eigenvalue weighted by Crippen LogP contribution is 2.33. The van der Waals surface area contributed by atoms with Crippen molar-refractivity contribution in [3.8, 4) is 0 Å². The topological polar surface area (TPSA) is 51.0 Å². The highest BCUT2D eigenvalue weighted by Gasteiger charge is 2.22. The van der Waals surface area contributed by atoms with E-state index in [4.69, 9.17) is 11.6 Å². The molecule has 5 nitrogen and oxygen atoms in total. The molecule has 0 fully saturated rings. The maximum absolute atomic E-state index is 13.0. The van der Waals surface area contributed by atoms with Gasteiger partial charge in [0, 0.05) is 25.5 Å². The van der Waals surface area contributed by atoms with Gasteiger partial charge in [-0.1, -0.05) is 35.1 Å². The third kappa shape index (κ3) is 4.32. The number of thiophene rings is 1. The molecule has 4 rings (SSSR count). The number of anilines is 1. The number of thiazole rings is 1. The van der Waals surface area contributed by atoms with Crippen LogP contribution in [0, 0.1) is 0 Å². The van der Waals surface area contributed by atoms with Crippen LogP contribution in [0.3, 0.4) is 0 Å². The number of nitrogens with zero attached hydrogens (tertiary/aromatic N) is 4. The fourth-order valence-corrected chi connectivity index (χ4v) is 4.63. The molecular formula is C18H16Cl2N4OS2. The summed E-state index contributed by atoms with van der Waals surface area (Å²) in [5.74, 6) is -0.0270. The summed E-state index contributed by atoms with van der Waals surface area (Å²) in [6, 6.07) is 9.42. The van der Waals surface area contributed by atoms with Crippen LogP contribution in [0.4, 0.5) is 5.13 Å². The van der Waals surface area contributed by atoms with Crippen LogP contribution >= 0.6 is 46.7 Å². The van der Waals surface area contributed by atoms with Gasteiger partial charge in [0.1, 0.15) is 5.52 Å². The van der Waals surface area contributed by atoms with Gasteiger partial charge in [-0.3, -0.25) is 9.69 Å². The van der Waals surface area contributed by atoms with Gasteiger partial charge in [0.25, 0.3) is 5.91 Å². The Morgan fingerprint density at radius 2 is 2.15 bits per heavy atom. The molecule has 140 valence electrons. The zero-order valence-corrected chi connectivity index (χ0v) is 17.3. The average Bonchev–Trinajstić information content (AvgIpc) is 3.39. The molecule has 3 aromatic heterocycles.